The number of benzene rings is 1. The highest BCUT2D eigenvalue weighted by atomic mass is 32.2. The number of nitrogens with zero attached hydrogens (tertiary/aromatic N) is 3. The molecule has 35 heavy (non-hydrogen) atoms. The average Bonchev–Trinajstić information content (AvgIpc) is 3.65. The Morgan fingerprint density at radius 3 is 2.54 bits per heavy atom. The summed E-state index contributed by atoms with van der Waals surface area (Å²) in [5.41, 5.74) is 1.14. The Bertz CT molecular complexity index is 1500. The lowest BCUT2D eigenvalue weighted by molar-refractivity contribution is 0.0949. The van der Waals surface area contributed by atoms with Crippen LogP contribution in [0.3, 0.4) is 0 Å². The first kappa shape index (κ1) is 24.4. The Morgan fingerprint density at radius 2 is 1.94 bits per heavy atom. The highest BCUT2D eigenvalue weighted by molar-refractivity contribution is 7.93. The summed E-state index contributed by atoms with van der Waals surface area (Å²) in [5, 5.41) is 11.7. The highest BCUT2D eigenvalue weighted by Gasteiger charge is 2.56. The number of ether oxygens (including phenoxy) is 1. The zero-order valence-corrected chi connectivity index (χ0v) is 20.6. The molecule has 0 aliphatic heterocycles. The minimum Gasteiger partial charge on any atom is -0.474 e. The molecule has 1 amide bonds. The fourth-order valence-electron chi connectivity index (χ4n) is 4.00. The maximum atomic E-state index is 13.0. The molecule has 10 heteroatoms. The lowest BCUT2D eigenvalue weighted by Crippen LogP contribution is -2.36. The van der Waals surface area contributed by atoms with E-state index in [-0.39, 0.29) is 24.6 Å². The largest absolute Gasteiger partial charge is 0.474 e. The van der Waals surface area contributed by atoms with Crippen molar-refractivity contribution in [2.24, 2.45) is 7.05 Å². The number of fused-ring (bicyclic) bond motifs is 1. The third-order valence-corrected chi connectivity index (χ3v) is 9.35. The van der Waals surface area contributed by atoms with Crippen molar-refractivity contribution in [2.75, 3.05) is 6.61 Å². The Labute approximate surface area is 203 Å². The molecule has 0 unspecified atom stereocenters. The first-order valence-electron chi connectivity index (χ1n) is 11.2. The van der Waals surface area contributed by atoms with Gasteiger partial charge in [0.15, 0.2) is 9.84 Å². The molecule has 1 aliphatic rings. The van der Waals surface area contributed by atoms with E-state index in [2.05, 4.69) is 10.3 Å². The molecule has 0 radical (unpaired) electrons. The van der Waals surface area contributed by atoms with Gasteiger partial charge in [-0.2, -0.15) is 5.26 Å². The van der Waals surface area contributed by atoms with Crippen molar-refractivity contribution in [3.05, 3.63) is 69.6 Å². The predicted molar refractivity (Wildman–Crippen MR) is 131 cm³/mol. The minimum atomic E-state index is -3.35. The number of carbonyl (C=O) groups is 1. The van der Waals surface area contributed by atoms with Gasteiger partial charge < -0.3 is 14.6 Å². The van der Waals surface area contributed by atoms with Gasteiger partial charge in [-0.3, -0.25) is 9.59 Å². The van der Waals surface area contributed by atoms with Gasteiger partial charge in [-0.25, -0.2) is 13.4 Å². The zero-order valence-electron chi connectivity index (χ0n) is 19.7. The average molecular weight is 495 g/mol. The molecule has 0 atom stereocenters. The van der Waals surface area contributed by atoms with Crippen molar-refractivity contribution < 1.29 is 17.9 Å². The molecule has 182 valence electrons. The predicted octanol–water partition coefficient (Wildman–Crippen LogP) is 2.47. The number of sulfone groups is 1. The molecule has 2 heterocycles. The monoisotopic (exact) mass is 494 g/mol. The molecule has 1 N–H and O–H groups in total. The van der Waals surface area contributed by atoms with Gasteiger partial charge in [-0.15, -0.1) is 0 Å². The molecule has 9 nitrogen and oxygen atoms in total. The molecule has 0 saturated heterocycles. The summed E-state index contributed by atoms with van der Waals surface area (Å²) >= 11 is 0. The second-order valence-electron chi connectivity index (χ2n) is 9.03. The number of hydrogen-bond acceptors (Lipinski definition) is 7. The fraction of sp³-hybridized carbons (Fsp3) is 0.360. The molecule has 3 aromatic rings. The van der Waals surface area contributed by atoms with Gasteiger partial charge >= 0.3 is 0 Å². The van der Waals surface area contributed by atoms with Crippen LogP contribution in [0.15, 0.2) is 47.4 Å². The van der Waals surface area contributed by atoms with E-state index in [1.165, 1.54) is 23.9 Å². The number of hydrogen-bond donors (Lipinski definition) is 1. The Balaban J connectivity index is 1.57. The fourth-order valence-corrected chi connectivity index (χ4v) is 5.89. The van der Waals surface area contributed by atoms with Crippen molar-refractivity contribution in [3.8, 4) is 11.9 Å². The van der Waals surface area contributed by atoms with E-state index in [0.717, 1.165) is 5.56 Å². The summed E-state index contributed by atoms with van der Waals surface area (Å²) in [6.07, 6.45) is 2.55. The molecular formula is C25H26N4O5S. The van der Waals surface area contributed by atoms with Crippen molar-refractivity contribution in [2.45, 2.75) is 43.2 Å². The normalized spacial score (nSPS) is 14.5. The first-order valence-corrected chi connectivity index (χ1v) is 12.8. The van der Waals surface area contributed by atoms with Crippen LogP contribution in [0.2, 0.25) is 0 Å². The van der Waals surface area contributed by atoms with Crippen molar-refractivity contribution >= 4 is 26.6 Å². The van der Waals surface area contributed by atoms with E-state index < -0.39 is 31.3 Å². The summed E-state index contributed by atoms with van der Waals surface area (Å²) in [6.45, 7) is 3.47. The molecule has 1 saturated carbocycles. The maximum Gasteiger partial charge on any atom is 0.263 e. The molecule has 1 fully saturated rings. The highest BCUT2D eigenvalue weighted by Crippen LogP contribution is 2.46. The van der Waals surface area contributed by atoms with Gasteiger partial charge in [0.2, 0.25) is 5.88 Å². The summed E-state index contributed by atoms with van der Waals surface area (Å²) in [7, 11) is -1.83. The Hall–Kier alpha value is -3.71. The smallest absolute Gasteiger partial charge is 0.263 e. The standard InChI is InChI=1S/C25H26N4O5S/c1-16(2)35(32,33)25(9-10-25)15-34-23-21-19(8-11-27-23)12-20(24(31)29(21)3)22(30)28-14-18-6-4-17(13-26)5-7-18/h4-8,11-12,16H,9-10,14-15H2,1-3H3,(H,28,30). The van der Waals surface area contributed by atoms with Gasteiger partial charge in [0.1, 0.15) is 22.4 Å². The molecule has 0 bridgehead atoms. The van der Waals surface area contributed by atoms with Crippen LogP contribution in [0.5, 0.6) is 5.88 Å². The van der Waals surface area contributed by atoms with Gasteiger partial charge in [0, 0.05) is 25.2 Å². The number of nitrogens with one attached hydrogen (secondary N) is 1. The van der Waals surface area contributed by atoms with Crippen LogP contribution in [0.1, 0.15) is 48.2 Å². The van der Waals surface area contributed by atoms with E-state index in [9.17, 15) is 18.0 Å². The number of aromatic nitrogens is 2. The van der Waals surface area contributed by atoms with Crippen LogP contribution in [-0.2, 0) is 23.4 Å². The van der Waals surface area contributed by atoms with E-state index in [1.54, 1.807) is 44.2 Å². The molecule has 1 aliphatic carbocycles. The lowest BCUT2D eigenvalue weighted by atomic mass is 10.1. The number of nitriles is 1. The number of rotatable bonds is 8. The van der Waals surface area contributed by atoms with E-state index in [1.807, 2.05) is 6.07 Å². The number of amides is 1. The topological polar surface area (TPSA) is 131 Å². The molecular weight excluding hydrogens is 468 g/mol. The second kappa shape index (κ2) is 9.15. The second-order valence-corrected chi connectivity index (χ2v) is 11.9. The Kier molecular flexibility index (Phi) is 6.38. The van der Waals surface area contributed by atoms with Crippen LogP contribution >= 0.6 is 0 Å². The van der Waals surface area contributed by atoms with Gasteiger partial charge in [0.25, 0.3) is 11.5 Å². The van der Waals surface area contributed by atoms with Crippen LogP contribution in [0.25, 0.3) is 10.9 Å². The number of carbonyl (C=O) groups excluding carboxylic acids is 1. The third kappa shape index (κ3) is 4.51. The van der Waals surface area contributed by atoms with Gasteiger partial charge in [-0.1, -0.05) is 12.1 Å². The molecule has 1 aromatic carbocycles. The van der Waals surface area contributed by atoms with Gasteiger partial charge in [-0.05, 0) is 56.5 Å². The van der Waals surface area contributed by atoms with Crippen LogP contribution < -0.4 is 15.6 Å². The molecule has 4 rings (SSSR count). The maximum absolute atomic E-state index is 13.0. The SMILES string of the molecule is CC(C)S(=O)(=O)C1(COc2nccc3cc(C(=O)NCc4ccc(C#N)cc4)c(=O)n(C)c23)CC1. The minimum absolute atomic E-state index is 0.0353. The van der Waals surface area contributed by atoms with Crippen molar-refractivity contribution in [3.63, 3.8) is 0 Å². The van der Waals surface area contributed by atoms with Crippen LogP contribution in [0, 0.1) is 11.3 Å². The summed E-state index contributed by atoms with van der Waals surface area (Å²) in [6, 6.07) is 12.0. The van der Waals surface area contributed by atoms with Crippen molar-refractivity contribution in [1.29, 1.82) is 5.26 Å². The summed E-state index contributed by atoms with van der Waals surface area (Å²) in [5.74, 6) is -0.382. The zero-order chi connectivity index (χ0) is 25.4. The van der Waals surface area contributed by atoms with Gasteiger partial charge in [0.05, 0.1) is 16.9 Å². The van der Waals surface area contributed by atoms with E-state index >= 15 is 0 Å². The molecule has 2 aromatic heterocycles. The number of pyridine rings is 2. The van der Waals surface area contributed by atoms with E-state index in [0.29, 0.717) is 29.3 Å². The summed E-state index contributed by atoms with van der Waals surface area (Å²) < 4.78 is 31.7. The lowest BCUT2D eigenvalue weighted by Gasteiger charge is -2.20. The quantitative estimate of drug-likeness (QED) is 0.509. The molecule has 0 spiro atoms. The van der Waals surface area contributed by atoms with Crippen LogP contribution in [-0.4, -0.2) is 40.5 Å². The van der Waals surface area contributed by atoms with E-state index in [4.69, 9.17) is 10.00 Å². The Morgan fingerprint density at radius 1 is 1.26 bits per heavy atom. The van der Waals surface area contributed by atoms with Crippen LogP contribution in [0.4, 0.5) is 0 Å². The van der Waals surface area contributed by atoms with Crippen molar-refractivity contribution in [1.82, 2.24) is 14.9 Å². The summed E-state index contributed by atoms with van der Waals surface area (Å²) in [4.78, 5) is 30.0. The first-order chi connectivity index (χ1) is 16.6. The number of aryl methyl sites for hydroxylation is 1. The third-order valence-electron chi connectivity index (χ3n) is 6.38.